The van der Waals surface area contributed by atoms with Gasteiger partial charge in [0.05, 0.1) is 39.6 Å². The molecular formula is C33H48N2O7. The van der Waals surface area contributed by atoms with Crippen molar-refractivity contribution in [2.24, 2.45) is 11.3 Å². The maximum atomic E-state index is 14.1. The molecule has 42 heavy (non-hydrogen) atoms. The first-order valence-electron chi connectivity index (χ1n) is 15.7. The molecule has 0 radical (unpaired) electrons. The number of fused-ring (bicyclic) bond motifs is 1. The van der Waals surface area contributed by atoms with Crippen LogP contribution in [-0.4, -0.2) is 86.4 Å². The predicted molar refractivity (Wildman–Crippen MR) is 158 cm³/mol. The largest absolute Gasteiger partial charge is 0.468 e. The number of esters is 1. The Labute approximate surface area is 250 Å². The molecule has 4 rings (SSSR count). The molecule has 0 unspecified atom stereocenters. The number of nitrogens with zero attached hydrogens (tertiary/aromatic N) is 2. The molecule has 0 aliphatic carbocycles. The number of benzene rings is 1. The molecule has 9 nitrogen and oxygen atoms in total. The zero-order chi connectivity index (χ0) is 30.0. The van der Waals surface area contributed by atoms with E-state index in [1.807, 2.05) is 43.3 Å². The summed E-state index contributed by atoms with van der Waals surface area (Å²) in [6.07, 6.45) is 7.56. The summed E-state index contributed by atoms with van der Waals surface area (Å²) in [6, 6.07) is 9.92. The predicted octanol–water partition coefficient (Wildman–Crippen LogP) is 4.49. The minimum Gasteiger partial charge on any atom is -0.468 e. The van der Waals surface area contributed by atoms with E-state index in [1.165, 1.54) is 26.4 Å². The molecule has 0 saturated carbocycles. The zero-order valence-corrected chi connectivity index (χ0v) is 25.6. The van der Waals surface area contributed by atoms with Crippen molar-refractivity contribution >= 4 is 17.8 Å². The third kappa shape index (κ3) is 7.60. The molecule has 3 aliphatic heterocycles. The standard InChI is InChI=1S/C33H48N2O7/c1-4-5-6-7-8-12-15-35-29-21-28(24-41-23-26-13-10-9-11-14-26)42-25(2)33(29,32(38)39-3)22-27(31(35)37)20-30(36)34-16-18-40-19-17-34/h9-11,13-14,21,25,27-28H,4-8,12,15-20,22-24H2,1-3H3/t25-,27+,28-,33+/m1/s1. The molecule has 0 N–H and O–H groups in total. The van der Waals surface area contributed by atoms with Gasteiger partial charge in [0, 0.05) is 37.7 Å². The fourth-order valence-electron chi connectivity index (χ4n) is 6.45. The summed E-state index contributed by atoms with van der Waals surface area (Å²) in [5.41, 5.74) is 0.509. The van der Waals surface area contributed by atoms with E-state index in [-0.39, 0.29) is 31.3 Å². The summed E-state index contributed by atoms with van der Waals surface area (Å²) in [7, 11) is 1.37. The maximum Gasteiger partial charge on any atom is 0.320 e. The Hall–Kier alpha value is -2.75. The Bertz CT molecular complexity index is 1070. The molecule has 0 spiro atoms. The second-order valence-corrected chi connectivity index (χ2v) is 11.7. The Balaban J connectivity index is 1.58. The molecule has 4 atom stereocenters. The number of piperidine rings is 1. The number of hydrogen-bond donors (Lipinski definition) is 0. The quantitative estimate of drug-likeness (QED) is 0.235. The Morgan fingerprint density at radius 3 is 2.48 bits per heavy atom. The van der Waals surface area contributed by atoms with Crippen LogP contribution in [0.4, 0.5) is 0 Å². The SMILES string of the molecule is CCCCCCCCN1C(=O)[C@@H](CC(=O)N2CCOCC2)C[C@@]2(C(=O)OC)C1=C[C@H](COCc1ccccc1)O[C@@H]2C. The summed E-state index contributed by atoms with van der Waals surface area (Å²) >= 11 is 0. The van der Waals surface area contributed by atoms with Gasteiger partial charge in [-0.1, -0.05) is 69.4 Å². The molecule has 2 fully saturated rings. The van der Waals surface area contributed by atoms with Gasteiger partial charge in [0.2, 0.25) is 11.8 Å². The summed E-state index contributed by atoms with van der Waals surface area (Å²) in [5.74, 6) is -1.27. The van der Waals surface area contributed by atoms with E-state index in [0.29, 0.717) is 45.2 Å². The van der Waals surface area contributed by atoms with Crippen molar-refractivity contribution in [2.75, 3.05) is 46.6 Å². The third-order valence-corrected chi connectivity index (χ3v) is 8.81. The van der Waals surface area contributed by atoms with Crippen LogP contribution in [0, 0.1) is 11.3 Å². The van der Waals surface area contributed by atoms with Crippen molar-refractivity contribution in [1.82, 2.24) is 9.80 Å². The van der Waals surface area contributed by atoms with Crippen LogP contribution in [0.2, 0.25) is 0 Å². The van der Waals surface area contributed by atoms with Crippen molar-refractivity contribution in [3.8, 4) is 0 Å². The Morgan fingerprint density at radius 2 is 1.76 bits per heavy atom. The molecule has 3 heterocycles. The highest BCUT2D eigenvalue weighted by molar-refractivity contribution is 5.92. The minimum atomic E-state index is -1.18. The number of rotatable bonds is 14. The molecule has 9 heteroatoms. The minimum absolute atomic E-state index is 0.0498. The fraction of sp³-hybridized carbons (Fsp3) is 0.667. The molecule has 3 aliphatic rings. The Kier molecular flexibility index (Phi) is 12.0. The number of hydrogen-bond acceptors (Lipinski definition) is 7. The lowest BCUT2D eigenvalue weighted by Crippen LogP contribution is -2.60. The van der Waals surface area contributed by atoms with Gasteiger partial charge < -0.3 is 28.7 Å². The fourth-order valence-corrected chi connectivity index (χ4v) is 6.45. The summed E-state index contributed by atoms with van der Waals surface area (Å²) < 4.78 is 23.2. The molecule has 2 amide bonds. The highest BCUT2D eigenvalue weighted by Crippen LogP contribution is 2.50. The number of likely N-dealkylation sites (tertiary alicyclic amines) is 1. The van der Waals surface area contributed by atoms with Crippen LogP contribution in [0.3, 0.4) is 0 Å². The van der Waals surface area contributed by atoms with Crippen molar-refractivity contribution in [2.45, 2.75) is 84.0 Å². The normalized spacial score (nSPS) is 26.0. The van der Waals surface area contributed by atoms with E-state index in [1.54, 1.807) is 9.80 Å². The lowest BCUT2D eigenvalue weighted by Gasteiger charge is -2.51. The topological polar surface area (TPSA) is 94.6 Å². The van der Waals surface area contributed by atoms with Gasteiger partial charge in [-0.05, 0) is 31.4 Å². The average molecular weight is 585 g/mol. The van der Waals surface area contributed by atoms with Gasteiger partial charge in [-0.2, -0.15) is 0 Å². The van der Waals surface area contributed by atoms with E-state index < -0.39 is 29.5 Å². The Morgan fingerprint density at radius 1 is 1.05 bits per heavy atom. The van der Waals surface area contributed by atoms with E-state index in [2.05, 4.69) is 6.92 Å². The number of carbonyl (C=O) groups is 3. The van der Waals surface area contributed by atoms with Crippen molar-refractivity contribution in [3.05, 3.63) is 47.7 Å². The van der Waals surface area contributed by atoms with Gasteiger partial charge in [0.15, 0.2) is 0 Å². The molecule has 2 saturated heterocycles. The van der Waals surface area contributed by atoms with Gasteiger partial charge >= 0.3 is 5.97 Å². The number of carbonyl (C=O) groups excluding carboxylic acids is 3. The molecule has 1 aromatic carbocycles. The molecule has 0 bridgehead atoms. The van der Waals surface area contributed by atoms with Crippen LogP contribution in [0.5, 0.6) is 0 Å². The lowest BCUT2D eigenvalue weighted by atomic mass is 9.66. The van der Waals surface area contributed by atoms with Crippen molar-refractivity contribution in [1.29, 1.82) is 0 Å². The van der Waals surface area contributed by atoms with Gasteiger partial charge in [-0.15, -0.1) is 0 Å². The molecule has 1 aromatic rings. The van der Waals surface area contributed by atoms with E-state index >= 15 is 0 Å². The first-order valence-corrected chi connectivity index (χ1v) is 15.7. The smallest absolute Gasteiger partial charge is 0.320 e. The number of ether oxygens (including phenoxy) is 4. The summed E-state index contributed by atoms with van der Waals surface area (Å²) in [4.78, 5) is 44.5. The molecule has 0 aromatic heterocycles. The van der Waals surface area contributed by atoms with Crippen LogP contribution in [-0.2, 0) is 39.9 Å². The number of amides is 2. The van der Waals surface area contributed by atoms with Crippen molar-refractivity contribution < 1.29 is 33.3 Å². The van der Waals surface area contributed by atoms with E-state index in [4.69, 9.17) is 18.9 Å². The van der Waals surface area contributed by atoms with Crippen LogP contribution in [0.15, 0.2) is 42.1 Å². The number of morpholine rings is 1. The average Bonchev–Trinajstić information content (AvgIpc) is 3.01. The summed E-state index contributed by atoms with van der Waals surface area (Å²) in [6.45, 7) is 7.28. The monoisotopic (exact) mass is 584 g/mol. The van der Waals surface area contributed by atoms with E-state index in [0.717, 1.165) is 24.8 Å². The van der Waals surface area contributed by atoms with Crippen LogP contribution in [0.1, 0.15) is 70.8 Å². The highest BCUT2D eigenvalue weighted by Gasteiger charge is 2.59. The molecular weight excluding hydrogens is 536 g/mol. The third-order valence-electron chi connectivity index (χ3n) is 8.81. The van der Waals surface area contributed by atoms with Crippen LogP contribution in [0.25, 0.3) is 0 Å². The first-order chi connectivity index (χ1) is 20.4. The van der Waals surface area contributed by atoms with E-state index in [9.17, 15) is 14.4 Å². The maximum absolute atomic E-state index is 14.1. The number of methoxy groups -OCH3 is 1. The molecule has 232 valence electrons. The second-order valence-electron chi connectivity index (χ2n) is 11.7. The highest BCUT2D eigenvalue weighted by atomic mass is 16.6. The van der Waals surface area contributed by atoms with Gasteiger partial charge in [-0.3, -0.25) is 14.4 Å². The first kappa shape index (κ1) is 32.2. The van der Waals surface area contributed by atoms with Gasteiger partial charge in [-0.25, -0.2) is 0 Å². The van der Waals surface area contributed by atoms with Gasteiger partial charge in [0.25, 0.3) is 0 Å². The lowest BCUT2D eigenvalue weighted by molar-refractivity contribution is -0.178. The van der Waals surface area contributed by atoms with Gasteiger partial charge in [0.1, 0.15) is 11.5 Å². The second kappa shape index (κ2) is 15.6. The number of unbranched alkanes of at least 4 members (excludes halogenated alkanes) is 5. The van der Waals surface area contributed by atoms with Crippen molar-refractivity contribution in [3.63, 3.8) is 0 Å². The van der Waals surface area contributed by atoms with Crippen LogP contribution >= 0.6 is 0 Å². The summed E-state index contributed by atoms with van der Waals surface area (Å²) in [5, 5.41) is 0. The van der Waals surface area contributed by atoms with Crippen LogP contribution < -0.4 is 0 Å². The zero-order valence-electron chi connectivity index (χ0n) is 25.6.